The Bertz CT molecular complexity index is 404. The van der Waals surface area contributed by atoms with Gasteiger partial charge in [0.05, 0.1) is 12.2 Å². The van der Waals surface area contributed by atoms with E-state index in [0.717, 1.165) is 0 Å². The van der Waals surface area contributed by atoms with Crippen molar-refractivity contribution in [3.8, 4) is 0 Å². The highest BCUT2D eigenvalue weighted by molar-refractivity contribution is 6.74. The molecule has 0 amide bonds. The fraction of sp³-hybridized carbons (Fsp3) is 0.895. The van der Waals surface area contributed by atoms with Crippen LogP contribution < -0.4 is 0 Å². The highest BCUT2D eigenvalue weighted by atomic mass is 28.4. The lowest BCUT2D eigenvalue weighted by Crippen LogP contribution is -2.52. The molecule has 5 heteroatoms. The number of aliphatic hydroxyl groups is 1. The van der Waals surface area contributed by atoms with Crippen LogP contribution in [0.4, 0.5) is 0 Å². The Hall–Kier alpha value is 0.0538. The van der Waals surface area contributed by atoms with Crippen LogP contribution in [0.2, 0.25) is 37.8 Å². The van der Waals surface area contributed by atoms with Gasteiger partial charge in [-0.15, -0.1) is 0 Å². The van der Waals surface area contributed by atoms with Crippen molar-refractivity contribution in [2.75, 3.05) is 6.61 Å². The molecule has 0 saturated heterocycles. The Morgan fingerprint density at radius 2 is 1.46 bits per heavy atom. The summed E-state index contributed by atoms with van der Waals surface area (Å²) >= 11 is 0. The molecule has 3 nitrogen and oxygen atoms in total. The Labute approximate surface area is 153 Å². The van der Waals surface area contributed by atoms with E-state index in [1.165, 1.54) is 0 Å². The van der Waals surface area contributed by atoms with Crippen LogP contribution in [0.5, 0.6) is 0 Å². The first-order valence-electron chi connectivity index (χ1n) is 9.18. The van der Waals surface area contributed by atoms with E-state index < -0.39 is 16.6 Å². The largest absolute Gasteiger partial charge is 0.414 e. The van der Waals surface area contributed by atoms with E-state index in [1.54, 1.807) is 0 Å². The molecule has 0 radical (unpaired) electrons. The number of hydrogen-bond donors (Lipinski definition) is 1. The molecule has 0 aliphatic heterocycles. The second-order valence-corrected chi connectivity index (χ2v) is 19.1. The summed E-state index contributed by atoms with van der Waals surface area (Å²) < 4.78 is 13.2. The molecule has 0 aliphatic carbocycles. The van der Waals surface area contributed by atoms with Crippen LogP contribution in [0.15, 0.2) is 12.2 Å². The summed E-state index contributed by atoms with van der Waals surface area (Å²) in [7, 11) is -3.61. The SMILES string of the molecule is C/C=C/C(O[Si](C)(C)C(C)(C)C)C(C)(C)C(CCO)O[Si](C)(C)C. The van der Waals surface area contributed by atoms with Crippen molar-refractivity contribution < 1.29 is 14.0 Å². The average Bonchev–Trinajstić information content (AvgIpc) is 2.34. The van der Waals surface area contributed by atoms with Crippen molar-refractivity contribution in [2.24, 2.45) is 5.41 Å². The molecule has 0 spiro atoms. The monoisotopic (exact) mass is 374 g/mol. The van der Waals surface area contributed by atoms with Crippen LogP contribution in [-0.2, 0) is 8.85 Å². The second-order valence-electron chi connectivity index (χ2n) is 9.88. The van der Waals surface area contributed by atoms with Crippen LogP contribution in [0.25, 0.3) is 0 Å². The molecule has 0 bridgehead atoms. The molecule has 144 valence electrons. The quantitative estimate of drug-likeness (QED) is 0.423. The van der Waals surface area contributed by atoms with Gasteiger partial charge in [0, 0.05) is 12.0 Å². The van der Waals surface area contributed by atoms with Gasteiger partial charge in [0.25, 0.3) is 0 Å². The molecule has 0 heterocycles. The van der Waals surface area contributed by atoms with Crippen LogP contribution in [0.3, 0.4) is 0 Å². The third kappa shape index (κ3) is 7.12. The fourth-order valence-electron chi connectivity index (χ4n) is 2.42. The number of aliphatic hydroxyl groups excluding tert-OH is 1. The van der Waals surface area contributed by atoms with Gasteiger partial charge >= 0.3 is 0 Å². The molecular formula is C19H42O3Si2. The minimum Gasteiger partial charge on any atom is -0.414 e. The highest BCUT2D eigenvalue weighted by Crippen LogP contribution is 2.42. The van der Waals surface area contributed by atoms with E-state index in [-0.39, 0.29) is 29.3 Å². The third-order valence-electron chi connectivity index (χ3n) is 5.05. The Balaban J connectivity index is 5.65. The molecule has 0 aromatic carbocycles. The Morgan fingerprint density at radius 1 is 0.958 bits per heavy atom. The fourth-order valence-corrected chi connectivity index (χ4v) is 5.06. The van der Waals surface area contributed by atoms with Crippen molar-refractivity contribution in [3.63, 3.8) is 0 Å². The lowest BCUT2D eigenvalue weighted by molar-refractivity contribution is -0.0205. The molecule has 0 aromatic rings. The minimum atomic E-state index is -1.90. The maximum atomic E-state index is 9.56. The second kappa shape index (κ2) is 8.63. The summed E-state index contributed by atoms with van der Waals surface area (Å²) in [4.78, 5) is 0. The van der Waals surface area contributed by atoms with Crippen LogP contribution >= 0.6 is 0 Å². The molecule has 1 N–H and O–H groups in total. The first kappa shape index (κ1) is 24.1. The summed E-state index contributed by atoms with van der Waals surface area (Å²) in [6, 6.07) is 0. The topological polar surface area (TPSA) is 38.7 Å². The maximum Gasteiger partial charge on any atom is 0.192 e. The smallest absolute Gasteiger partial charge is 0.192 e. The van der Waals surface area contributed by atoms with Crippen molar-refractivity contribution in [1.29, 1.82) is 0 Å². The first-order valence-corrected chi connectivity index (χ1v) is 15.5. The van der Waals surface area contributed by atoms with Crippen molar-refractivity contribution in [1.82, 2.24) is 0 Å². The zero-order valence-corrected chi connectivity index (χ0v) is 20.0. The summed E-state index contributed by atoms with van der Waals surface area (Å²) in [5.41, 5.74) is -0.203. The predicted molar refractivity (Wildman–Crippen MR) is 111 cm³/mol. The summed E-state index contributed by atoms with van der Waals surface area (Å²) in [5.74, 6) is 0. The van der Waals surface area contributed by atoms with E-state index in [2.05, 4.69) is 79.5 Å². The molecule has 24 heavy (non-hydrogen) atoms. The number of allylic oxidation sites excluding steroid dienone is 1. The van der Waals surface area contributed by atoms with Crippen molar-refractivity contribution in [3.05, 3.63) is 12.2 Å². The van der Waals surface area contributed by atoms with Gasteiger partial charge in [-0.1, -0.05) is 46.8 Å². The van der Waals surface area contributed by atoms with Gasteiger partial charge in [0.15, 0.2) is 16.6 Å². The Morgan fingerprint density at radius 3 is 1.79 bits per heavy atom. The zero-order valence-electron chi connectivity index (χ0n) is 18.0. The highest BCUT2D eigenvalue weighted by Gasteiger charge is 2.45. The van der Waals surface area contributed by atoms with Gasteiger partial charge in [0.1, 0.15) is 0 Å². The van der Waals surface area contributed by atoms with Gasteiger partial charge in [0.2, 0.25) is 0 Å². The zero-order chi connectivity index (χ0) is 19.4. The molecule has 0 aliphatic rings. The van der Waals surface area contributed by atoms with Crippen molar-refractivity contribution >= 4 is 16.6 Å². The lowest BCUT2D eigenvalue weighted by atomic mass is 9.79. The van der Waals surface area contributed by atoms with Gasteiger partial charge in [-0.3, -0.25) is 0 Å². The van der Waals surface area contributed by atoms with Gasteiger partial charge in [-0.2, -0.15) is 0 Å². The van der Waals surface area contributed by atoms with E-state index in [0.29, 0.717) is 6.42 Å². The summed E-state index contributed by atoms with van der Waals surface area (Å²) in [5, 5.41) is 9.72. The standard InChI is InChI=1S/C19H42O3Si2/c1-12-13-16(22-24(10,11)18(2,3)4)19(5,6)17(14-15-20)21-23(7,8)9/h12-13,16-17,20H,14-15H2,1-11H3/b13-12+. The molecule has 0 fully saturated rings. The molecule has 2 atom stereocenters. The summed E-state index contributed by atoms with van der Waals surface area (Å²) in [6.45, 7) is 24.6. The van der Waals surface area contributed by atoms with E-state index in [1.807, 2.05) is 6.92 Å². The van der Waals surface area contributed by atoms with Crippen LogP contribution in [0.1, 0.15) is 48.0 Å². The molecule has 0 aromatic heterocycles. The average molecular weight is 375 g/mol. The third-order valence-corrected chi connectivity index (χ3v) is 10.5. The van der Waals surface area contributed by atoms with Gasteiger partial charge in [-0.05, 0) is 51.1 Å². The van der Waals surface area contributed by atoms with Crippen molar-refractivity contribution in [2.45, 2.75) is 97.9 Å². The molecule has 2 unspecified atom stereocenters. The number of rotatable bonds is 9. The van der Waals surface area contributed by atoms with E-state index in [9.17, 15) is 5.11 Å². The predicted octanol–water partition coefficient (Wildman–Crippen LogP) is 5.58. The first-order chi connectivity index (χ1) is 10.6. The molecular weight excluding hydrogens is 332 g/mol. The summed E-state index contributed by atoms with van der Waals surface area (Å²) in [6.07, 6.45) is 4.85. The van der Waals surface area contributed by atoms with Crippen LogP contribution in [-0.4, -0.2) is 40.6 Å². The van der Waals surface area contributed by atoms with Gasteiger partial charge in [-0.25, -0.2) is 0 Å². The minimum absolute atomic E-state index is 0.0138. The molecule has 0 rings (SSSR count). The van der Waals surface area contributed by atoms with Crippen LogP contribution in [0, 0.1) is 5.41 Å². The maximum absolute atomic E-state index is 9.56. The van der Waals surface area contributed by atoms with Gasteiger partial charge < -0.3 is 14.0 Å². The lowest BCUT2D eigenvalue weighted by Gasteiger charge is -2.47. The van der Waals surface area contributed by atoms with E-state index >= 15 is 0 Å². The normalized spacial score (nSPS) is 17.3. The Kier molecular flexibility index (Phi) is 8.65. The van der Waals surface area contributed by atoms with E-state index in [4.69, 9.17) is 8.85 Å². The molecule has 0 saturated carbocycles. The number of hydrogen-bond acceptors (Lipinski definition) is 3.